The largest absolute Gasteiger partial charge is 0.497 e. The van der Waals surface area contributed by atoms with E-state index in [4.69, 9.17) is 9.15 Å². The number of carbonyl (C=O) groups excluding carboxylic acids is 1. The predicted molar refractivity (Wildman–Crippen MR) is 119 cm³/mol. The average molecular weight is 437 g/mol. The molecule has 1 atom stereocenters. The molecule has 1 saturated heterocycles. The summed E-state index contributed by atoms with van der Waals surface area (Å²) in [6.07, 6.45) is 4.16. The third kappa shape index (κ3) is 4.90. The maximum Gasteiger partial charge on any atom is 0.348 e. The second-order valence-corrected chi connectivity index (χ2v) is 8.28. The smallest absolute Gasteiger partial charge is 0.348 e. The van der Waals surface area contributed by atoms with Crippen LogP contribution in [0.5, 0.6) is 5.75 Å². The molecule has 0 aliphatic carbocycles. The summed E-state index contributed by atoms with van der Waals surface area (Å²) in [6, 6.07) is 9.67. The van der Waals surface area contributed by atoms with Crippen LogP contribution in [0.1, 0.15) is 47.4 Å². The van der Waals surface area contributed by atoms with Crippen LogP contribution in [0.4, 0.5) is 0 Å². The molecule has 0 unspecified atom stereocenters. The number of nitrogens with zero attached hydrogens (tertiary/aromatic N) is 4. The van der Waals surface area contributed by atoms with Crippen molar-refractivity contribution < 1.29 is 13.9 Å². The normalized spacial score (nSPS) is 16.2. The lowest BCUT2D eigenvalue weighted by Crippen LogP contribution is -2.42. The van der Waals surface area contributed by atoms with Crippen molar-refractivity contribution in [2.75, 3.05) is 20.2 Å². The highest BCUT2D eigenvalue weighted by Gasteiger charge is 2.28. The number of hydrogen-bond acceptors (Lipinski definition) is 6. The lowest BCUT2D eigenvalue weighted by atomic mass is 9.98. The molecule has 8 heteroatoms. The van der Waals surface area contributed by atoms with E-state index in [0.29, 0.717) is 31.1 Å². The minimum Gasteiger partial charge on any atom is -0.497 e. The van der Waals surface area contributed by atoms with E-state index in [1.165, 1.54) is 4.57 Å². The number of aromatic nitrogens is 3. The van der Waals surface area contributed by atoms with E-state index in [0.717, 1.165) is 35.6 Å². The summed E-state index contributed by atoms with van der Waals surface area (Å²) in [5.74, 6) is 2.20. The summed E-state index contributed by atoms with van der Waals surface area (Å²) < 4.78 is 12.8. The molecule has 1 aliphatic rings. The number of oxazole rings is 1. The predicted octanol–water partition coefficient (Wildman–Crippen LogP) is 2.85. The Bertz CT molecular complexity index is 1170. The van der Waals surface area contributed by atoms with Gasteiger partial charge in [-0.15, -0.1) is 0 Å². The molecule has 2 aromatic heterocycles. The molecule has 1 amide bonds. The third-order valence-corrected chi connectivity index (χ3v) is 5.85. The molecular formula is C24H28N4O4. The molecule has 0 bridgehead atoms. The van der Waals surface area contributed by atoms with Gasteiger partial charge in [-0.2, -0.15) is 4.98 Å². The van der Waals surface area contributed by atoms with Crippen molar-refractivity contribution in [2.45, 2.75) is 45.6 Å². The van der Waals surface area contributed by atoms with Crippen molar-refractivity contribution in [2.24, 2.45) is 0 Å². The molecule has 0 saturated carbocycles. The van der Waals surface area contributed by atoms with Crippen LogP contribution in [0.2, 0.25) is 0 Å². The molecule has 0 N–H and O–H groups in total. The Hall–Kier alpha value is -3.42. The zero-order valence-corrected chi connectivity index (χ0v) is 18.7. The number of methoxy groups -OCH3 is 1. The summed E-state index contributed by atoms with van der Waals surface area (Å²) in [6.45, 7) is 4.79. The van der Waals surface area contributed by atoms with E-state index in [-0.39, 0.29) is 24.1 Å². The van der Waals surface area contributed by atoms with Gasteiger partial charge >= 0.3 is 5.69 Å². The molecule has 168 valence electrons. The Morgan fingerprint density at radius 2 is 2.12 bits per heavy atom. The number of hydrogen-bond donors (Lipinski definition) is 0. The van der Waals surface area contributed by atoms with Crippen molar-refractivity contribution in [3.8, 4) is 5.75 Å². The molecular weight excluding hydrogens is 408 g/mol. The highest BCUT2D eigenvalue weighted by molar-refractivity contribution is 5.76. The highest BCUT2D eigenvalue weighted by atomic mass is 16.5. The lowest BCUT2D eigenvalue weighted by Gasteiger charge is -2.31. The minimum atomic E-state index is -0.390. The first-order valence-corrected chi connectivity index (χ1v) is 10.8. The topological polar surface area (TPSA) is 90.5 Å². The highest BCUT2D eigenvalue weighted by Crippen LogP contribution is 2.27. The van der Waals surface area contributed by atoms with Crippen molar-refractivity contribution in [1.82, 2.24) is 19.4 Å². The van der Waals surface area contributed by atoms with Crippen LogP contribution in [0, 0.1) is 13.8 Å². The first-order chi connectivity index (χ1) is 15.4. The maximum atomic E-state index is 12.9. The van der Waals surface area contributed by atoms with E-state index in [1.54, 1.807) is 25.1 Å². The van der Waals surface area contributed by atoms with Gasteiger partial charge in [0, 0.05) is 30.9 Å². The Kier molecular flexibility index (Phi) is 6.39. The van der Waals surface area contributed by atoms with Gasteiger partial charge in [0.25, 0.3) is 0 Å². The number of aryl methyl sites for hydroxylation is 2. The molecule has 3 aromatic rings. The number of piperidine rings is 1. The van der Waals surface area contributed by atoms with Gasteiger partial charge in [0.2, 0.25) is 5.91 Å². The number of amides is 1. The van der Waals surface area contributed by atoms with Crippen molar-refractivity contribution in [1.29, 1.82) is 0 Å². The van der Waals surface area contributed by atoms with Gasteiger partial charge in [-0.1, -0.05) is 12.1 Å². The van der Waals surface area contributed by atoms with E-state index < -0.39 is 0 Å². The molecule has 0 spiro atoms. The van der Waals surface area contributed by atoms with Crippen molar-refractivity contribution >= 4 is 5.91 Å². The minimum absolute atomic E-state index is 0.00264. The summed E-state index contributed by atoms with van der Waals surface area (Å²) >= 11 is 0. The zero-order valence-electron chi connectivity index (χ0n) is 18.7. The molecule has 0 radical (unpaired) electrons. The van der Waals surface area contributed by atoms with Crippen LogP contribution in [0.25, 0.3) is 0 Å². The second kappa shape index (κ2) is 9.38. The average Bonchev–Trinajstić information content (AvgIpc) is 3.25. The summed E-state index contributed by atoms with van der Waals surface area (Å²) in [4.78, 5) is 35.4. The molecule has 1 aromatic carbocycles. The molecule has 4 rings (SSSR count). The molecule has 8 nitrogen and oxygen atoms in total. The van der Waals surface area contributed by atoms with Crippen LogP contribution in [-0.4, -0.2) is 45.5 Å². The van der Waals surface area contributed by atoms with Gasteiger partial charge in [0.1, 0.15) is 18.1 Å². The number of benzene rings is 1. The third-order valence-electron chi connectivity index (χ3n) is 5.85. The van der Waals surface area contributed by atoms with Crippen LogP contribution in [-0.2, 0) is 17.8 Å². The van der Waals surface area contributed by atoms with Crippen LogP contribution < -0.4 is 10.4 Å². The maximum absolute atomic E-state index is 12.9. The van der Waals surface area contributed by atoms with E-state index in [2.05, 4.69) is 9.97 Å². The van der Waals surface area contributed by atoms with Crippen LogP contribution in [0.3, 0.4) is 0 Å². The molecule has 1 aliphatic heterocycles. The van der Waals surface area contributed by atoms with Crippen LogP contribution in [0.15, 0.2) is 45.7 Å². The summed E-state index contributed by atoms with van der Waals surface area (Å²) in [5, 5.41) is 0. The summed E-state index contributed by atoms with van der Waals surface area (Å²) in [5.41, 5.74) is 2.08. The fraction of sp³-hybridized carbons (Fsp3) is 0.417. The Labute approximate surface area is 186 Å². The number of rotatable bonds is 6. The number of carbonyl (C=O) groups is 1. The number of ether oxygens (including phenoxy) is 1. The first kappa shape index (κ1) is 21.8. The standard InChI is InChI=1S/C24H28N4O4/c1-16-10-17(2)28(24(30)26-16)15-22(29)27-9-5-7-19(14-27)23-25-13-21(32-23)12-18-6-4-8-20(11-18)31-3/h4,6,8,10-11,13,19H,5,7,9,12,14-15H2,1-3H3/t19-/m1/s1. The fourth-order valence-corrected chi connectivity index (χ4v) is 4.18. The fourth-order valence-electron chi connectivity index (χ4n) is 4.18. The van der Waals surface area contributed by atoms with Gasteiger partial charge in [-0.05, 0) is 50.5 Å². The zero-order chi connectivity index (χ0) is 22.7. The molecule has 3 heterocycles. The van der Waals surface area contributed by atoms with Gasteiger partial charge in [-0.3, -0.25) is 9.36 Å². The van der Waals surface area contributed by atoms with E-state index in [1.807, 2.05) is 37.3 Å². The lowest BCUT2D eigenvalue weighted by molar-refractivity contribution is -0.133. The Balaban J connectivity index is 1.42. The quantitative estimate of drug-likeness (QED) is 0.590. The molecule has 1 fully saturated rings. The Morgan fingerprint density at radius 1 is 1.28 bits per heavy atom. The van der Waals surface area contributed by atoms with Crippen LogP contribution >= 0.6 is 0 Å². The SMILES string of the molecule is COc1cccc(Cc2cnc([C@@H]3CCCN(C(=O)Cn4c(C)cc(C)nc4=O)C3)o2)c1. The Morgan fingerprint density at radius 3 is 2.91 bits per heavy atom. The number of likely N-dealkylation sites (tertiary alicyclic amines) is 1. The monoisotopic (exact) mass is 436 g/mol. The van der Waals surface area contributed by atoms with E-state index >= 15 is 0 Å². The summed E-state index contributed by atoms with van der Waals surface area (Å²) in [7, 11) is 1.65. The van der Waals surface area contributed by atoms with Gasteiger partial charge < -0.3 is 14.1 Å². The second-order valence-electron chi connectivity index (χ2n) is 8.28. The van der Waals surface area contributed by atoms with Crippen molar-refractivity contribution in [3.05, 3.63) is 75.6 Å². The molecule has 32 heavy (non-hydrogen) atoms. The van der Waals surface area contributed by atoms with E-state index in [9.17, 15) is 9.59 Å². The van der Waals surface area contributed by atoms with Crippen molar-refractivity contribution in [3.63, 3.8) is 0 Å². The first-order valence-electron chi connectivity index (χ1n) is 10.8. The van der Waals surface area contributed by atoms with Gasteiger partial charge in [-0.25, -0.2) is 9.78 Å². The van der Waals surface area contributed by atoms with Gasteiger partial charge in [0.05, 0.1) is 19.2 Å². The van der Waals surface area contributed by atoms with Gasteiger partial charge in [0.15, 0.2) is 5.89 Å².